The van der Waals surface area contributed by atoms with Crippen molar-refractivity contribution in [1.82, 2.24) is 4.90 Å². The van der Waals surface area contributed by atoms with E-state index < -0.39 is 0 Å². The first kappa shape index (κ1) is 9.26. The van der Waals surface area contributed by atoms with Gasteiger partial charge in [-0.3, -0.25) is 4.79 Å². The molecule has 63 valence electrons. The molecule has 1 aromatic carbocycles. The molecule has 0 aliphatic carbocycles. The molecule has 1 rings (SSSR count). The largest absolute Gasteiger partial charge is 0.333 e. The fraction of sp³-hybridized carbons (Fsp3) is 0.222. The number of hydrogen-bond donors (Lipinski definition) is 0. The summed E-state index contributed by atoms with van der Waals surface area (Å²) < 4.78 is 1.05. The van der Waals surface area contributed by atoms with Gasteiger partial charge in [-0.1, -0.05) is 28.1 Å². The van der Waals surface area contributed by atoms with Crippen LogP contribution in [-0.4, -0.2) is 18.4 Å². The fourth-order valence-electron chi connectivity index (χ4n) is 0.896. The van der Waals surface area contributed by atoms with Crippen LogP contribution in [0.5, 0.6) is 0 Å². The van der Waals surface area contributed by atoms with Gasteiger partial charge < -0.3 is 4.90 Å². The summed E-state index contributed by atoms with van der Waals surface area (Å²) in [4.78, 5) is 11.6. The number of nitrogens with zero attached hydrogens (tertiary/aromatic N) is 1. The van der Waals surface area contributed by atoms with E-state index in [1.54, 1.807) is 13.5 Å². The molecule has 0 N–H and O–H groups in total. The van der Waals surface area contributed by atoms with Crippen LogP contribution in [0, 0.1) is 0 Å². The van der Waals surface area contributed by atoms with E-state index >= 15 is 0 Å². The second kappa shape index (κ2) is 4.26. The van der Waals surface area contributed by atoms with Crippen LogP contribution >= 0.6 is 15.9 Å². The van der Waals surface area contributed by atoms with Crippen molar-refractivity contribution in [2.75, 3.05) is 7.05 Å². The molecular formula is C9H9BrNO. The molecule has 0 aliphatic heterocycles. The molecular weight excluding hydrogens is 218 g/mol. The van der Waals surface area contributed by atoms with Crippen LogP contribution in [-0.2, 0) is 11.3 Å². The van der Waals surface area contributed by atoms with Crippen LogP contribution in [0.4, 0.5) is 0 Å². The van der Waals surface area contributed by atoms with E-state index in [1.165, 1.54) is 4.90 Å². The molecule has 12 heavy (non-hydrogen) atoms. The van der Waals surface area contributed by atoms with Crippen LogP contribution in [0.15, 0.2) is 28.7 Å². The predicted molar refractivity (Wildman–Crippen MR) is 51.3 cm³/mol. The lowest BCUT2D eigenvalue weighted by Crippen LogP contribution is -2.14. The molecule has 1 radical (unpaired) electrons. The normalized spacial score (nSPS) is 9.50. The second-order valence-electron chi connectivity index (χ2n) is 2.57. The quantitative estimate of drug-likeness (QED) is 0.722. The maximum Gasteiger partial charge on any atom is 0.312 e. The monoisotopic (exact) mass is 226 g/mol. The minimum absolute atomic E-state index is 0.608. The lowest BCUT2D eigenvalue weighted by Gasteiger charge is -2.08. The zero-order valence-corrected chi connectivity index (χ0v) is 8.34. The van der Waals surface area contributed by atoms with Gasteiger partial charge in [0.1, 0.15) is 0 Å². The molecule has 0 saturated heterocycles. The Kier molecular flexibility index (Phi) is 3.29. The molecule has 2 nitrogen and oxygen atoms in total. The third kappa shape index (κ3) is 2.66. The minimum atomic E-state index is 0.608. The van der Waals surface area contributed by atoms with E-state index in [2.05, 4.69) is 15.9 Å². The van der Waals surface area contributed by atoms with Gasteiger partial charge in [0.25, 0.3) is 0 Å². The van der Waals surface area contributed by atoms with Gasteiger partial charge in [-0.05, 0) is 17.7 Å². The number of carbonyl (C=O) groups excluding carboxylic acids is 1. The van der Waals surface area contributed by atoms with Gasteiger partial charge >= 0.3 is 6.41 Å². The van der Waals surface area contributed by atoms with Gasteiger partial charge in [0, 0.05) is 18.1 Å². The first-order valence-electron chi connectivity index (χ1n) is 3.56. The molecule has 0 saturated carbocycles. The smallest absolute Gasteiger partial charge is 0.312 e. The molecule has 0 spiro atoms. The number of rotatable bonds is 3. The van der Waals surface area contributed by atoms with Gasteiger partial charge in [0.15, 0.2) is 0 Å². The molecule has 1 amide bonds. The Morgan fingerprint density at radius 2 is 2.00 bits per heavy atom. The SMILES string of the molecule is CN([C]=O)Cc1ccc(Br)cc1. The highest BCUT2D eigenvalue weighted by Crippen LogP contribution is 2.11. The highest BCUT2D eigenvalue weighted by atomic mass is 79.9. The summed E-state index contributed by atoms with van der Waals surface area (Å²) in [5.41, 5.74) is 1.10. The number of benzene rings is 1. The Morgan fingerprint density at radius 1 is 1.42 bits per heavy atom. The molecule has 3 heteroatoms. The first-order valence-corrected chi connectivity index (χ1v) is 4.35. The van der Waals surface area contributed by atoms with Crippen molar-refractivity contribution in [3.8, 4) is 0 Å². The number of amides is 1. The van der Waals surface area contributed by atoms with Gasteiger partial charge in [0.2, 0.25) is 0 Å². The van der Waals surface area contributed by atoms with Crippen molar-refractivity contribution in [1.29, 1.82) is 0 Å². The van der Waals surface area contributed by atoms with E-state index in [9.17, 15) is 4.79 Å². The van der Waals surface area contributed by atoms with E-state index in [0.29, 0.717) is 6.54 Å². The Bertz CT molecular complexity index is 258. The van der Waals surface area contributed by atoms with Gasteiger partial charge in [-0.25, -0.2) is 0 Å². The Labute approximate surface area is 80.3 Å². The fourth-order valence-corrected chi connectivity index (χ4v) is 1.16. The zero-order chi connectivity index (χ0) is 8.97. The zero-order valence-electron chi connectivity index (χ0n) is 6.75. The maximum atomic E-state index is 10.2. The van der Waals surface area contributed by atoms with Crippen molar-refractivity contribution in [3.05, 3.63) is 34.3 Å². The number of hydrogen-bond acceptors (Lipinski definition) is 1. The van der Waals surface area contributed by atoms with Crippen molar-refractivity contribution in [2.45, 2.75) is 6.54 Å². The van der Waals surface area contributed by atoms with Crippen LogP contribution in [0.1, 0.15) is 5.56 Å². The van der Waals surface area contributed by atoms with E-state index in [1.807, 2.05) is 24.3 Å². The Hall–Kier alpha value is -0.830. The van der Waals surface area contributed by atoms with Crippen molar-refractivity contribution < 1.29 is 4.79 Å². The first-order chi connectivity index (χ1) is 5.72. The summed E-state index contributed by atoms with van der Waals surface area (Å²) in [6, 6.07) is 7.85. The van der Waals surface area contributed by atoms with Gasteiger partial charge in [0.05, 0.1) is 0 Å². The summed E-state index contributed by atoms with van der Waals surface area (Å²) in [6.45, 7) is 0.608. The van der Waals surface area contributed by atoms with Crippen LogP contribution < -0.4 is 0 Å². The lowest BCUT2D eigenvalue weighted by molar-refractivity contribution is 0.430. The van der Waals surface area contributed by atoms with Crippen molar-refractivity contribution >= 4 is 22.3 Å². The molecule has 0 atom stereocenters. The highest BCUT2D eigenvalue weighted by molar-refractivity contribution is 9.10. The Morgan fingerprint density at radius 3 is 2.50 bits per heavy atom. The molecule has 1 aromatic rings. The lowest BCUT2D eigenvalue weighted by atomic mass is 10.2. The molecule has 0 aliphatic rings. The van der Waals surface area contributed by atoms with Crippen molar-refractivity contribution in [3.63, 3.8) is 0 Å². The van der Waals surface area contributed by atoms with Gasteiger partial charge in [-0.2, -0.15) is 0 Å². The van der Waals surface area contributed by atoms with E-state index in [4.69, 9.17) is 0 Å². The summed E-state index contributed by atoms with van der Waals surface area (Å²) in [7, 11) is 1.70. The third-order valence-corrected chi connectivity index (χ3v) is 2.02. The molecule has 0 fully saturated rings. The predicted octanol–water partition coefficient (Wildman–Crippen LogP) is 1.95. The molecule has 0 bridgehead atoms. The summed E-state index contributed by atoms with van der Waals surface area (Å²) in [5.74, 6) is 0. The Balaban J connectivity index is 2.64. The van der Waals surface area contributed by atoms with Crippen LogP contribution in [0.25, 0.3) is 0 Å². The summed E-state index contributed by atoms with van der Waals surface area (Å²) in [6.07, 6.45) is 1.80. The highest BCUT2D eigenvalue weighted by Gasteiger charge is 1.96. The molecule has 0 heterocycles. The average molecular weight is 227 g/mol. The second-order valence-corrected chi connectivity index (χ2v) is 3.49. The molecule has 0 unspecified atom stereocenters. The van der Waals surface area contributed by atoms with Gasteiger partial charge in [-0.15, -0.1) is 0 Å². The number of halogens is 1. The van der Waals surface area contributed by atoms with E-state index in [-0.39, 0.29) is 0 Å². The minimum Gasteiger partial charge on any atom is -0.333 e. The maximum absolute atomic E-state index is 10.2. The van der Waals surface area contributed by atoms with Crippen LogP contribution in [0.3, 0.4) is 0 Å². The van der Waals surface area contributed by atoms with Crippen LogP contribution in [0.2, 0.25) is 0 Å². The topological polar surface area (TPSA) is 20.3 Å². The standard InChI is InChI=1S/C9H9BrNO/c1-11(7-12)6-8-2-4-9(10)5-3-8/h2-5H,6H2,1H3. The summed E-state index contributed by atoms with van der Waals surface area (Å²) in [5, 5.41) is 0. The summed E-state index contributed by atoms with van der Waals surface area (Å²) >= 11 is 3.34. The third-order valence-electron chi connectivity index (χ3n) is 1.49. The van der Waals surface area contributed by atoms with E-state index in [0.717, 1.165) is 10.0 Å². The van der Waals surface area contributed by atoms with Crippen molar-refractivity contribution in [2.24, 2.45) is 0 Å². The molecule has 0 aromatic heterocycles. The average Bonchev–Trinajstić information content (AvgIpc) is 2.09.